The van der Waals surface area contributed by atoms with Crippen LogP contribution in [0.3, 0.4) is 0 Å². The molecule has 2 rings (SSSR count). The van der Waals surface area contributed by atoms with Crippen molar-refractivity contribution in [2.45, 2.75) is 57.8 Å². The summed E-state index contributed by atoms with van der Waals surface area (Å²) in [6.07, 6.45) is -0.364. The second kappa shape index (κ2) is 8.85. The Kier molecular flexibility index (Phi) is 7.64. The van der Waals surface area contributed by atoms with Crippen LogP contribution in [0.4, 0.5) is 13.2 Å². The molecule has 6 nitrogen and oxygen atoms in total. The summed E-state index contributed by atoms with van der Waals surface area (Å²) in [6, 6.07) is 0.443. The Balaban J connectivity index is 0.000000412. The third kappa shape index (κ3) is 6.95. The van der Waals surface area contributed by atoms with Crippen LogP contribution in [0.15, 0.2) is 6.20 Å². The zero-order valence-electron chi connectivity index (χ0n) is 16.0. The summed E-state index contributed by atoms with van der Waals surface area (Å²) in [4.78, 5) is 16.0. The minimum Gasteiger partial charge on any atom is -0.475 e. The molecule has 1 aromatic heterocycles. The minimum atomic E-state index is -5.08. The molecule has 0 spiro atoms. The number of carbonyl (C=O) groups is 1. The molecule has 2 N–H and O–H groups in total. The standard InChI is InChI=1S/C15H28N4.C2HF3O2/c1-15(2,3)13-11-19(10-9-18(4)5)14(17-13)12-7-6-8-16-12;3-2(4,5)1(6)7/h11-12,16H,6-10H2,1-5H3;(H,6,7). The van der Waals surface area contributed by atoms with Crippen LogP contribution >= 0.6 is 0 Å². The van der Waals surface area contributed by atoms with E-state index in [1.807, 2.05) is 0 Å². The van der Waals surface area contributed by atoms with Crippen LogP contribution in [-0.2, 0) is 16.8 Å². The van der Waals surface area contributed by atoms with Gasteiger partial charge in [0.05, 0.1) is 11.7 Å². The van der Waals surface area contributed by atoms with Crippen molar-refractivity contribution in [3.63, 3.8) is 0 Å². The fourth-order valence-corrected chi connectivity index (χ4v) is 2.46. The lowest BCUT2D eigenvalue weighted by Gasteiger charge is -2.15. The summed E-state index contributed by atoms with van der Waals surface area (Å²) < 4.78 is 34.1. The predicted octanol–water partition coefficient (Wildman–Crippen LogP) is 2.80. The molecule has 0 amide bonds. The van der Waals surface area contributed by atoms with Gasteiger partial charge in [0.25, 0.3) is 0 Å². The third-order valence-electron chi connectivity index (χ3n) is 3.98. The normalized spacial score (nSPS) is 18.0. The monoisotopic (exact) mass is 378 g/mol. The van der Waals surface area contributed by atoms with Crippen molar-refractivity contribution in [2.75, 3.05) is 27.2 Å². The van der Waals surface area contributed by atoms with Gasteiger partial charge in [-0.15, -0.1) is 0 Å². The molecule has 0 aromatic carbocycles. The highest BCUT2D eigenvalue weighted by Crippen LogP contribution is 2.27. The molecule has 0 aliphatic carbocycles. The maximum atomic E-state index is 10.6. The molecule has 1 saturated heterocycles. The van der Waals surface area contributed by atoms with E-state index in [0.717, 1.165) is 19.6 Å². The molecule has 0 bridgehead atoms. The first-order valence-electron chi connectivity index (χ1n) is 8.58. The maximum Gasteiger partial charge on any atom is 0.490 e. The Morgan fingerprint density at radius 3 is 2.35 bits per heavy atom. The van der Waals surface area contributed by atoms with Crippen LogP contribution in [0.1, 0.15) is 51.2 Å². The van der Waals surface area contributed by atoms with Gasteiger partial charge in [0, 0.05) is 24.7 Å². The molecule has 1 atom stereocenters. The fourth-order valence-electron chi connectivity index (χ4n) is 2.46. The average Bonchev–Trinajstić information content (AvgIpc) is 3.13. The highest BCUT2D eigenvalue weighted by Gasteiger charge is 2.38. The molecule has 26 heavy (non-hydrogen) atoms. The summed E-state index contributed by atoms with van der Waals surface area (Å²) in [5, 5.41) is 10.7. The van der Waals surface area contributed by atoms with Crippen molar-refractivity contribution in [3.8, 4) is 0 Å². The molecule has 1 aliphatic rings. The van der Waals surface area contributed by atoms with E-state index in [-0.39, 0.29) is 5.41 Å². The van der Waals surface area contributed by atoms with Gasteiger partial charge < -0.3 is 19.9 Å². The lowest BCUT2D eigenvalue weighted by molar-refractivity contribution is -0.192. The molecule has 0 radical (unpaired) electrons. The number of nitrogens with one attached hydrogen (secondary N) is 1. The van der Waals surface area contributed by atoms with Crippen molar-refractivity contribution in [3.05, 3.63) is 17.7 Å². The number of aromatic nitrogens is 2. The molecule has 1 aromatic rings. The van der Waals surface area contributed by atoms with Gasteiger partial charge in [0.15, 0.2) is 0 Å². The average molecular weight is 378 g/mol. The number of carboxylic acids is 1. The number of likely N-dealkylation sites (N-methyl/N-ethyl adjacent to an activating group) is 1. The second-order valence-corrected chi connectivity index (χ2v) is 7.68. The Hall–Kier alpha value is -1.61. The van der Waals surface area contributed by atoms with E-state index in [4.69, 9.17) is 14.9 Å². The van der Waals surface area contributed by atoms with Crippen molar-refractivity contribution >= 4 is 5.97 Å². The van der Waals surface area contributed by atoms with E-state index < -0.39 is 12.1 Å². The summed E-state index contributed by atoms with van der Waals surface area (Å²) in [5.41, 5.74) is 1.33. The lowest BCUT2D eigenvalue weighted by Crippen LogP contribution is -2.22. The fraction of sp³-hybridized carbons (Fsp3) is 0.765. The van der Waals surface area contributed by atoms with Crippen molar-refractivity contribution in [1.29, 1.82) is 0 Å². The summed E-state index contributed by atoms with van der Waals surface area (Å²) in [7, 11) is 4.24. The number of halogens is 3. The molecule has 1 unspecified atom stereocenters. The number of hydrogen-bond acceptors (Lipinski definition) is 4. The van der Waals surface area contributed by atoms with E-state index in [9.17, 15) is 13.2 Å². The van der Waals surface area contributed by atoms with Gasteiger partial charge in [-0.1, -0.05) is 20.8 Å². The van der Waals surface area contributed by atoms with Gasteiger partial charge in [-0.2, -0.15) is 13.2 Å². The van der Waals surface area contributed by atoms with Gasteiger partial charge in [-0.25, -0.2) is 9.78 Å². The number of imidazole rings is 1. The van der Waals surface area contributed by atoms with E-state index in [1.165, 1.54) is 24.4 Å². The Bertz CT molecular complexity index is 586. The van der Waals surface area contributed by atoms with Crippen molar-refractivity contribution < 1.29 is 23.1 Å². The quantitative estimate of drug-likeness (QED) is 0.843. The Labute approximate surface area is 152 Å². The molecule has 2 heterocycles. The molecule has 1 fully saturated rings. The largest absolute Gasteiger partial charge is 0.490 e. The summed E-state index contributed by atoms with van der Waals surface area (Å²) in [6.45, 7) is 9.89. The third-order valence-corrected chi connectivity index (χ3v) is 3.98. The molecule has 0 saturated carbocycles. The molecule has 150 valence electrons. The first-order chi connectivity index (χ1) is 11.8. The molecular weight excluding hydrogens is 349 g/mol. The smallest absolute Gasteiger partial charge is 0.475 e. The highest BCUT2D eigenvalue weighted by molar-refractivity contribution is 5.73. The minimum absolute atomic E-state index is 0.122. The van der Waals surface area contributed by atoms with Crippen LogP contribution in [-0.4, -0.2) is 58.9 Å². The summed E-state index contributed by atoms with van der Waals surface area (Å²) >= 11 is 0. The van der Waals surface area contributed by atoms with Crippen molar-refractivity contribution in [2.24, 2.45) is 0 Å². The number of nitrogens with zero attached hydrogens (tertiary/aromatic N) is 3. The van der Waals surface area contributed by atoms with Crippen LogP contribution in [0.25, 0.3) is 0 Å². The lowest BCUT2D eigenvalue weighted by atomic mass is 9.93. The number of carboxylic acid groups (broad SMARTS) is 1. The Morgan fingerprint density at radius 1 is 1.38 bits per heavy atom. The SMILES string of the molecule is CN(C)CCn1cc(C(C)(C)C)nc1C1CCCN1.O=C(O)C(F)(F)F. The van der Waals surface area contributed by atoms with E-state index >= 15 is 0 Å². The van der Waals surface area contributed by atoms with Gasteiger partial charge >= 0.3 is 12.1 Å². The number of aliphatic carboxylic acids is 1. The highest BCUT2D eigenvalue weighted by atomic mass is 19.4. The zero-order chi connectivity index (χ0) is 20.1. The molecular formula is C17H29F3N4O2. The van der Waals surface area contributed by atoms with Crippen LogP contribution in [0.5, 0.6) is 0 Å². The van der Waals surface area contributed by atoms with Crippen LogP contribution < -0.4 is 5.32 Å². The Morgan fingerprint density at radius 2 is 1.96 bits per heavy atom. The first kappa shape index (κ1) is 22.4. The maximum absolute atomic E-state index is 10.6. The number of alkyl halides is 3. The molecule has 9 heteroatoms. The second-order valence-electron chi connectivity index (χ2n) is 7.68. The number of rotatable bonds is 4. The topological polar surface area (TPSA) is 70.4 Å². The zero-order valence-corrected chi connectivity index (χ0v) is 16.0. The van der Waals surface area contributed by atoms with E-state index in [0.29, 0.717) is 6.04 Å². The first-order valence-corrected chi connectivity index (χ1v) is 8.58. The van der Waals surface area contributed by atoms with E-state index in [2.05, 4.69) is 55.8 Å². The predicted molar refractivity (Wildman–Crippen MR) is 93.1 cm³/mol. The van der Waals surface area contributed by atoms with Crippen LogP contribution in [0, 0.1) is 0 Å². The molecule has 1 aliphatic heterocycles. The summed E-state index contributed by atoms with van der Waals surface area (Å²) in [5.74, 6) is -1.53. The van der Waals surface area contributed by atoms with Gasteiger partial charge in [-0.3, -0.25) is 0 Å². The van der Waals surface area contributed by atoms with Crippen molar-refractivity contribution in [1.82, 2.24) is 19.8 Å². The van der Waals surface area contributed by atoms with Gasteiger partial charge in [0.2, 0.25) is 0 Å². The van der Waals surface area contributed by atoms with Gasteiger partial charge in [0.1, 0.15) is 5.82 Å². The van der Waals surface area contributed by atoms with Crippen LogP contribution in [0.2, 0.25) is 0 Å². The van der Waals surface area contributed by atoms with Gasteiger partial charge in [-0.05, 0) is 33.5 Å². The van der Waals surface area contributed by atoms with E-state index in [1.54, 1.807) is 0 Å². The number of hydrogen-bond donors (Lipinski definition) is 2.